The maximum absolute atomic E-state index is 12.5. The van der Waals surface area contributed by atoms with Gasteiger partial charge in [-0.05, 0) is 37.3 Å². The lowest BCUT2D eigenvalue weighted by Gasteiger charge is -2.12. The number of ether oxygens (including phenoxy) is 4. The van der Waals surface area contributed by atoms with E-state index in [0.29, 0.717) is 41.7 Å². The molecule has 0 aliphatic rings. The van der Waals surface area contributed by atoms with Crippen LogP contribution in [0.4, 0.5) is 5.69 Å². The summed E-state index contributed by atoms with van der Waals surface area (Å²) in [6.07, 6.45) is 1.62. The van der Waals surface area contributed by atoms with E-state index in [1.54, 1.807) is 55.5 Å². The van der Waals surface area contributed by atoms with Gasteiger partial charge in [0.15, 0.2) is 18.1 Å². The number of carbonyl (C=O) groups is 2. The first-order chi connectivity index (χ1) is 13.6. The molecule has 2 aromatic carbocycles. The second kappa shape index (κ2) is 10.6. The molecule has 0 aliphatic carbocycles. The smallest absolute Gasteiger partial charge is 0.344 e. The molecule has 0 unspecified atom stereocenters. The summed E-state index contributed by atoms with van der Waals surface area (Å²) in [7, 11) is 1.50. The molecular weight excluding hydrogens is 362 g/mol. The Kier molecular flexibility index (Phi) is 7.90. The zero-order chi connectivity index (χ0) is 20.4. The maximum Gasteiger partial charge on any atom is 0.344 e. The van der Waals surface area contributed by atoms with E-state index in [4.69, 9.17) is 18.9 Å². The van der Waals surface area contributed by atoms with Gasteiger partial charge in [-0.3, -0.25) is 4.79 Å². The van der Waals surface area contributed by atoms with Crippen LogP contribution < -0.4 is 19.5 Å². The van der Waals surface area contributed by atoms with Crippen molar-refractivity contribution in [3.05, 3.63) is 60.7 Å². The minimum absolute atomic E-state index is 0.200. The predicted molar refractivity (Wildman–Crippen MR) is 105 cm³/mol. The molecule has 2 aromatic rings. The molecule has 148 valence electrons. The molecule has 0 saturated carbocycles. The Morgan fingerprint density at radius 1 is 1.11 bits per heavy atom. The van der Waals surface area contributed by atoms with Crippen molar-refractivity contribution in [2.24, 2.45) is 0 Å². The van der Waals surface area contributed by atoms with Gasteiger partial charge in [-0.25, -0.2) is 4.79 Å². The van der Waals surface area contributed by atoms with E-state index in [1.165, 1.54) is 7.11 Å². The van der Waals surface area contributed by atoms with E-state index in [2.05, 4.69) is 11.9 Å². The zero-order valence-electron chi connectivity index (χ0n) is 15.9. The molecule has 1 amide bonds. The molecule has 0 fully saturated rings. The van der Waals surface area contributed by atoms with Crippen LogP contribution in [0, 0.1) is 0 Å². The van der Waals surface area contributed by atoms with E-state index in [-0.39, 0.29) is 12.5 Å². The fourth-order valence-corrected chi connectivity index (χ4v) is 2.29. The van der Waals surface area contributed by atoms with Crippen molar-refractivity contribution >= 4 is 17.6 Å². The molecule has 0 spiro atoms. The molecule has 0 atom stereocenters. The van der Waals surface area contributed by atoms with Crippen LogP contribution in [0.5, 0.6) is 17.2 Å². The lowest BCUT2D eigenvalue weighted by Crippen LogP contribution is -2.15. The van der Waals surface area contributed by atoms with Crippen LogP contribution in [0.25, 0.3) is 0 Å². The highest BCUT2D eigenvalue weighted by atomic mass is 16.6. The number of carbonyl (C=O) groups excluding carboxylic acids is 2. The summed E-state index contributed by atoms with van der Waals surface area (Å²) in [6, 6.07) is 11.6. The summed E-state index contributed by atoms with van der Waals surface area (Å²) in [5, 5.41) is 2.78. The zero-order valence-corrected chi connectivity index (χ0v) is 15.9. The molecule has 0 heterocycles. The molecule has 0 aliphatic heterocycles. The third-order valence-electron chi connectivity index (χ3n) is 3.54. The summed E-state index contributed by atoms with van der Waals surface area (Å²) in [6.45, 7) is 5.75. The number of benzene rings is 2. The van der Waals surface area contributed by atoms with Crippen LogP contribution in [0.3, 0.4) is 0 Å². The average Bonchev–Trinajstić information content (AvgIpc) is 2.71. The average molecular weight is 385 g/mol. The molecule has 0 aromatic heterocycles. The predicted octanol–water partition coefficient (Wildman–Crippen LogP) is 3.45. The number of rotatable bonds is 10. The fourth-order valence-electron chi connectivity index (χ4n) is 2.29. The topological polar surface area (TPSA) is 83.1 Å². The number of hydrogen-bond acceptors (Lipinski definition) is 6. The van der Waals surface area contributed by atoms with Crippen molar-refractivity contribution in [3.63, 3.8) is 0 Å². The fraction of sp³-hybridized carbons (Fsp3) is 0.238. The maximum atomic E-state index is 12.5. The van der Waals surface area contributed by atoms with E-state index in [0.717, 1.165) is 0 Å². The Balaban J connectivity index is 2.05. The monoisotopic (exact) mass is 385 g/mol. The van der Waals surface area contributed by atoms with Crippen molar-refractivity contribution < 1.29 is 28.5 Å². The third kappa shape index (κ3) is 6.05. The number of anilines is 1. The second-order valence-corrected chi connectivity index (χ2v) is 5.54. The standard InChI is InChI=1S/C21H23NO6/c1-4-11-27-18-10-9-15(12-19(18)25-3)21(24)22-16-7-6-8-17(13-16)28-14-20(23)26-5-2/h4,6-10,12-13H,1,5,11,14H2,2-3H3,(H,22,24). The molecular formula is C21H23NO6. The van der Waals surface area contributed by atoms with Crippen molar-refractivity contribution in [2.45, 2.75) is 6.92 Å². The van der Waals surface area contributed by atoms with Gasteiger partial charge in [-0.15, -0.1) is 0 Å². The van der Waals surface area contributed by atoms with Crippen molar-refractivity contribution in [1.29, 1.82) is 0 Å². The highest BCUT2D eigenvalue weighted by Gasteiger charge is 2.12. The molecule has 2 rings (SSSR count). The Morgan fingerprint density at radius 3 is 2.64 bits per heavy atom. The second-order valence-electron chi connectivity index (χ2n) is 5.54. The summed E-state index contributed by atoms with van der Waals surface area (Å²) in [4.78, 5) is 23.9. The highest BCUT2D eigenvalue weighted by Crippen LogP contribution is 2.28. The first-order valence-electron chi connectivity index (χ1n) is 8.69. The van der Waals surface area contributed by atoms with Crippen LogP contribution in [0.15, 0.2) is 55.1 Å². The Labute approximate surface area is 163 Å². The summed E-state index contributed by atoms with van der Waals surface area (Å²) in [5.41, 5.74) is 0.929. The summed E-state index contributed by atoms with van der Waals surface area (Å²) in [5.74, 6) is 0.629. The van der Waals surface area contributed by atoms with Crippen molar-refractivity contribution in [3.8, 4) is 17.2 Å². The van der Waals surface area contributed by atoms with E-state index < -0.39 is 5.97 Å². The first-order valence-corrected chi connectivity index (χ1v) is 8.69. The highest BCUT2D eigenvalue weighted by molar-refractivity contribution is 6.04. The Morgan fingerprint density at radius 2 is 1.93 bits per heavy atom. The van der Waals surface area contributed by atoms with Crippen LogP contribution in [0.1, 0.15) is 17.3 Å². The van der Waals surface area contributed by atoms with Gasteiger partial charge in [0.2, 0.25) is 0 Å². The molecule has 7 heteroatoms. The number of amides is 1. The van der Waals surface area contributed by atoms with Gasteiger partial charge < -0.3 is 24.3 Å². The van der Waals surface area contributed by atoms with E-state index in [9.17, 15) is 9.59 Å². The van der Waals surface area contributed by atoms with Gasteiger partial charge in [-0.2, -0.15) is 0 Å². The summed E-state index contributed by atoms with van der Waals surface area (Å²) >= 11 is 0. The molecule has 1 N–H and O–H groups in total. The lowest BCUT2D eigenvalue weighted by molar-refractivity contribution is -0.145. The number of nitrogens with one attached hydrogen (secondary N) is 1. The van der Waals surface area contributed by atoms with Gasteiger partial charge >= 0.3 is 5.97 Å². The van der Waals surface area contributed by atoms with Crippen molar-refractivity contribution in [2.75, 3.05) is 32.2 Å². The molecule has 7 nitrogen and oxygen atoms in total. The normalized spacial score (nSPS) is 9.93. The molecule has 0 saturated heterocycles. The Hall–Kier alpha value is -3.48. The summed E-state index contributed by atoms with van der Waals surface area (Å²) < 4.78 is 20.9. The van der Waals surface area contributed by atoms with E-state index >= 15 is 0 Å². The minimum atomic E-state index is -0.456. The van der Waals surface area contributed by atoms with Crippen LogP contribution in [-0.4, -0.2) is 38.8 Å². The van der Waals surface area contributed by atoms with Crippen LogP contribution >= 0.6 is 0 Å². The first kappa shape index (κ1) is 20.8. The third-order valence-corrected chi connectivity index (χ3v) is 3.54. The number of hydrogen-bond donors (Lipinski definition) is 1. The van der Waals surface area contributed by atoms with Crippen LogP contribution in [-0.2, 0) is 9.53 Å². The minimum Gasteiger partial charge on any atom is -0.493 e. The quantitative estimate of drug-likeness (QED) is 0.498. The van der Waals surface area contributed by atoms with Gasteiger partial charge in [0.1, 0.15) is 12.4 Å². The Bertz CT molecular complexity index is 833. The molecule has 28 heavy (non-hydrogen) atoms. The largest absolute Gasteiger partial charge is 0.493 e. The van der Waals surface area contributed by atoms with E-state index in [1.807, 2.05) is 0 Å². The number of methoxy groups -OCH3 is 1. The van der Waals surface area contributed by atoms with Gasteiger partial charge in [-0.1, -0.05) is 18.7 Å². The number of esters is 1. The SMILES string of the molecule is C=CCOc1ccc(C(=O)Nc2cccc(OCC(=O)OCC)c2)cc1OC. The lowest BCUT2D eigenvalue weighted by atomic mass is 10.1. The van der Waals surface area contributed by atoms with Gasteiger partial charge in [0.25, 0.3) is 5.91 Å². The molecule has 0 bridgehead atoms. The van der Waals surface area contributed by atoms with Crippen molar-refractivity contribution in [1.82, 2.24) is 0 Å². The van der Waals surface area contributed by atoms with Gasteiger partial charge in [0, 0.05) is 17.3 Å². The molecule has 0 radical (unpaired) electrons. The van der Waals surface area contributed by atoms with Crippen LogP contribution in [0.2, 0.25) is 0 Å². The van der Waals surface area contributed by atoms with Gasteiger partial charge in [0.05, 0.1) is 13.7 Å².